The van der Waals surface area contributed by atoms with E-state index in [0.29, 0.717) is 17.5 Å². The van der Waals surface area contributed by atoms with E-state index in [2.05, 4.69) is 12.2 Å². The van der Waals surface area contributed by atoms with Crippen LogP contribution in [0.4, 0.5) is 0 Å². The first-order valence-corrected chi connectivity index (χ1v) is 6.75. The Balaban J connectivity index is 1.89. The molecule has 1 unspecified atom stereocenters. The fourth-order valence-corrected chi connectivity index (χ4v) is 4.15. The van der Waals surface area contributed by atoms with Gasteiger partial charge in [-0.15, -0.1) is 0 Å². The van der Waals surface area contributed by atoms with Crippen molar-refractivity contribution in [2.45, 2.75) is 32.2 Å². The van der Waals surface area contributed by atoms with Crippen LogP contribution in [0.1, 0.15) is 26.2 Å². The fraction of sp³-hybridized carbons (Fsp3) is 1.00. The van der Waals surface area contributed by atoms with Crippen molar-refractivity contribution in [1.82, 2.24) is 5.32 Å². The lowest BCUT2D eigenvalue weighted by atomic mass is 9.90. The average molecular weight is 203 g/mol. The van der Waals surface area contributed by atoms with Crippen LogP contribution < -0.4 is 5.32 Å². The molecule has 0 aromatic rings. The molecule has 1 aliphatic heterocycles. The van der Waals surface area contributed by atoms with Gasteiger partial charge in [0.1, 0.15) is 0 Å². The van der Waals surface area contributed by atoms with E-state index in [9.17, 15) is 8.42 Å². The smallest absolute Gasteiger partial charge is 0.150 e. The average Bonchev–Trinajstić information content (AvgIpc) is 2.77. The van der Waals surface area contributed by atoms with Gasteiger partial charge in [-0.25, -0.2) is 8.42 Å². The second-order valence-corrected chi connectivity index (χ2v) is 6.99. The van der Waals surface area contributed by atoms with Crippen molar-refractivity contribution in [3.63, 3.8) is 0 Å². The Morgan fingerprint density at radius 1 is 1.46 bits per heavy atom. The molecule has 0 radical (unpaired) electrons. The van der Waals surface area contributed by atoms with Crippen LogP contribution in [0.5, 0.6) is 0 Å². The molecule has 76 valence electrons. The first-order valence-electron chi connectivity index (χ1n) is 4.93. The van der Waals surface area contributed by atoms with E-state index < -0.39 is 9.84 Å². The molecule has 13 heavy (non-hydrogen) atoms. The number of hydrogen-bond acceptors (Lipinski definition) is 3. The van der Waals surface area contributed by atoms with Crippen molar-refractivity contribution in [2.24, 2.45) is 5.41 Å². The molecule has 0 bridgehead atoms. The molecule has 1 saturated heterocycles. The maximum Gasteiger partial charge on any atom is 0.150 e. The molecule has 3 nitrogen and oxygen atoms in total. The lowest BCUT2D eigenvalue weighted by molar-refractivity contribution is 0.349. The summed E-state index contributed by atoms with van der Waals surface area (Å²) in [6.07, 6.45) is 3.36. The Bertz CT molecular complexity index is 295. The van der Waals surface area contributed by atoms with Crippen molar-refractivity contribution >= 4 is 9.84 Å². The van der Waals surface area contributed by atoms with E-state index in [-0.39, 0.29) is 5.41 Å². The van der Waals surface area contributed by atoms with E-state index in [1.165, 1.54) is 12.8 Å². The zero-order valence-corrected chi connectivity index (χ0v) is 8.86. The molecule has 2 aliphatic rings. The van der Waals surface area contributed by atoms with Crippen molar-refractivity contribution in [2.75, 3.05) is 18.1 Å². The highest BCUT2D eigenvalue weighted by atomic mass is 32.2. The van der Waals surface area contributed by atoms with E-state index in [1.54, 1.807) is 0 Å². The molecule has 0 aromatic carbocycles. The van der Waals surface area contributed by atoms with Crippen LogP contribution >= 0.6 is 0 Å². The standard InChI is InChI=1S/C9H17NO2S/c1-9(6-10-8-2-3-8)4-5-13(11,12)7-9/h8,10H,2-7H2,1H3. The van der Waals surface area contributed by atoms with Gasteiger partial charge in [0.05, 0.1) is 11.5 Å². The van der Waals surface area contributed by atoms with Gasteiger partial charge in [-0.1, -0.05) is 6.92 Å². The Morgan fingerprint density at radius 3 is 2.62 bits per heavy atom. The summed E-state index contributed by atoms with van der Waals surface area (Å²) in [5, 5.41) is 3.41. The Kier molecular flexibility index (Phi) is 2.15. The van der Waals surface area contributed by atoms with Gasteiger partial charge in [0, 0.05) is 12.6 Å². The summed E-state index contributed by atoms with van der Waals surface area (Å²) in [5.41, 5.74) is 0.00141. The normalized spacial score (nSPS) is 37.9. The van der Waals surface area contributed by atoms with Crippen molar-refractivity contribution < 1.29 is 8.42 Å². The summed E-state index contributed by atoms with van der Waals surface area (Å²) in [5.74, 6) is 0.759. The van der Waals surface area contributed by atoms with Crippen molar-refractivity contribution in [1.29, 1.82) is 0 Å². The predicted molar refractivity (Wildman–Crippen MR) is 52.4 cm³/mol. The highest BCUT2D eigenvalue weighted by Crippen LogP contribution is 2.32. The first-order chi connectivity index (χ1) is 5.99. The van der Waals surface area contributed by atoms with Crippen LogP contribution in [-0.2, 0) is 9.84 Å². The molecular weight excluding hydrogens is 186 g/mol. The van der Waals surface area contributed by atoms with Crippen LogP contribution in [0.15, 0.2) is 0 Å². The van der Waals surface area contributed by atoms with Gasteiger partial charge in [-0.05, 0) is 24.7 Å². The zero-order valence-electron chi connectivity index (χ0n) is 8.04. The molecule has 1 N–H and O–H groups in total. The van der Waals surface area contributed by atoms with Crippen LogP contribution in [0, 0.1) is 5.41 Å². The van der Waals surface area contributed by atoms with E-state index in [4.69, 9.17) is 0 Å². The summed E-state index contributed by atoms with van der Waals surface area (Å²) >= 11 is 0. The lowest BCUT2D eigenvalue weighted by Crippen LogP contribution is -2.33. The van der Waals surface area contributed by atoms with Crippen LogP contribution in [0.25, 0.3) is 0 Å². The molecule has 1 aliphatic carbocycles. The van der Waals surface area contributed by atoms with Gasteiger partial charge in [0.2, 0.25) is 0 Å². The second kappa shape index (κ2) is 2.95. The third-order valence-corrected chi connectivity index (χ3v) is 4.94. The molecule has 1 atom stereocenters. The Labute approximate surface area is 79.8 Å². The largest absolute Gasteiger partial charge is 0.313 e. The molecule has 4 heteroatoms. The van der Waals surface area contributed by atoms with Crippen molar-refractivity contribution in [3.05, 3.63) is 0 Å². The summed E-state index contributed by atoms with van der Waals surface area (Å²) in [4.78, 5) is 0. The van der Waals surface area contributed by atoms with E-state index >= 15 is 0 Å². The van der Waals surface area contributed by atoms with Crippen molar-refractivity contribution in [3.8, 4) is 0 Å². The first kappa shape index (κ1) is 9.46. The molecule has 1 heterocycles. The minimum absolute atomic E-state index is 0.00141. The molecule has 0 amide bonds. The second-order valence-electron chi connectivity index (χ2n) is 4.81. The molecule has 2 rings (SSSR count). The van der Waals surface area contributed by atoms with Gasteiger partial charge in [0.15, 0.2) is 9.84 Å². The topological polar surface area (TPSA) is 46.2 Å². The molecule has 0 aromatic heterocycles. The minimum Gasteiger partial charge on any atom is -0.313 e. The molecule has 1 saturated carbocycles. The van der Waals surface area contributed by atoms with E-state index in [0.717, 1.165) is 13.0 Å². The summed E-state index contributed by atoms with van der Waals surface area (Å²) in [6, 6.07) is 0.681. The predicted octanol–water partition coefficient (Wildman–Crippen LogP) is 0.563. The van der Waals surface area contributed by atoms with Crippen LogP contribution in [0.3, 0.4) is 0 Å². The molecular formula is C9H17NO2S. The highest BCUT2D eigenvalue weighted by molar-refractivity contribution is 7.91. The van der Waals surface area contributed by atoms with Gasteiger partial charge in [-0.2, -0.15) is 0 Å². The van der Waals surface area contributed by atoms with Gasteiger partial charge >= 0.3 is 0 Å². The number of nitrogens with one attached hydrogen (secondary N) is 1. The van der Waals surface area contributed by atoms with Gasteiger partial charge in [0.25, 0.3) is 0 Å². The number of hydrogen-bond donors (Lipinski definition) is 1. The summed E-state index contributed by atoms with van der Waals surface area (Å²) in [6.45, 7) is 2.95. The maximum absolute atomic E-state index is 11.3. The lowest BCUT2D eigenvalue weighted by Gasteiger charge is -2.22. The monoisotopic (exact) mass is 203 g/mol. The Hall–Kier alpha value is -0.0900. The third kappa shape index (κ3) is 2.44. The molecule has 2 fully saturated rings. The summed E-state index contributed by atoms with van der Waals surface area (Å²) in [7, 11) is -2.72. The van der Waals surface area contributed by atoms with Gasteiger partial charge < -0.3 is 5.32 Å². The highest BCUT2D eigenvalue weighted by Gasteiger charge is 2.39. The molecule has 0 spiro atoms. The zero-order chi connectivity index (χ0) is 9.53. The van der Waals surface area contributed by atoms with Crippen LogP contribution in [0.2, 0.25) is 0 Å². The van der Waals surface area contributed by atoms with Crippen LogP contribution in [-0.4, -0.2) is 32.5 Å². The van der Waals surface area contributed by atoms with Gasteiger partial charge in [-0.3, -0.25) is 0 Å². The SMILES string of the molecule is CC1(CNC2CC2)CCS(=O)(=O)C1. The number of rotatable bonds is 3. The Morgan fingerprint density at radius 2 is 2.15 bits per heavy atom. The summed E-state index contributed by atoms with van der Waals surface area (Å²) < 4.78 is 22.6. The minimum atomic E-state index is -2.72. The number of sulfone groups is 1. The maximum atomic E-state index is 11.3. The quantitative estimate of drug-likeness (QED) is 0.729. The third-order valence-electron chi connectivity index (χ3n) is 2.98. The van der Waals surface area contributed by atoms with E-state index in [1.807, 2.05) is 0 Å². The fourth-order valence-electron chi connectivity index (χ4n) is 1.89.